The van der Waals surface area contributed by atoms with Crippen molar-refractivity contribution in [1.82, 2.24) is 4.90 Å². The van der Waals surface area contributed by atoms with Gasteiger partial charge in [0.15, 0.2) is 0 Å². The molecule has 1 unspecified atom stereocenters. The number of hydrogen-bond donors (Lipinski definition) is 0. The normalized spacial score (nSPS) is 26.0. The zero-order valence-corrected chi connectivity index (χ0v) is 7.48. The fourth-order valence-electron chi connectivity index (χ4n) is 1.10. The molecule has 4 heteroatoms. The fraction of sp³-hybridized carbons (Fsp3) is 0.714. The third kappa shape index (κ3) is 1.56. The second kappa shape index (κ2) is 3.26. The number of nitrogens with zero attached hydrogens (tertiary/aromatic N) is 1. The number of carbonyl (C=O) groups is 2. The van der Waals surface area contributed by atoms with Crippen molar-refractivity contribution in [3.63, 3.8) is 0 Å². The van der Waals surface area contributed by atoms with Crippen LogP contribution in [0.3, 0.4) is 0 Å². The maximum Gasteiger partial charge on any atom is 0.242 e. The maximum atomic E-state index is 11.3. The van der Waals surface area contributed by atoms with Crippen LogP contribution >= 0.6 is 11.8 Å². The molecule has 0 radical (unpaired) electrons. The van der Waals surface area contributed by atoms with Gasteiger partial charge in [-0.05, 0) is 12.7 Å². The Labute approximate surface area is 70.1 Å². The zero-order valence-electron chi connectivity index (χ0n) is 6.66. The SMILES string of the molecule is CSC1CCC(=O)N(C)C1=O. The minimum atomic E-state index is -0.0553. The molecule has 0 spiro atoms. The lowest BCUT2D eigenvalue weighted by Crippen LogP contribution is -2.43. The zero-order chi connectivity index (χ0) is 8.43. The highest BCUT2D eigenvalue weighted by Gasteiger charge is 2.30. The van der Waals surface area contributed by atoms with Gasteiger partial charge < -0.3 is 0 Å². The van der Waals surface area contributed by atoms with Gasteiger partial charge in [0, 0.05) is 13.5 Å². The number of carbonyl (C=O) groups excluding carboxylic acids is 2. The van der Waals surface area contributed by atoms with Crippen molar-refractivity contribution in [3.05, 3.63) is 0 Å². The van der Waals surface area contributed by atoms with Gasteiger partial charge in [-0.15, -0.1) is 0 Å². The van der Waals surface area contributed by atoms with Crippen LogP contribution in [0.15, 0.2) is 0 Å². The van der Waals surface area contributed by atoms with Crippen LogP contribution in [0, 0.1) is 0 Å². The van der Waals surface area contributed by atoms with Crippen molar-refractivity contribution < 1.29 is 9.59 Å². The molecule has 1 saturated heterocycles. The van der Waals surface area contributed by atoms with E-state index in [0.717, 1.165) is 0 Å². The molecule has 1 fully saturated rings. The molecule has 0 N–H and O–H groups in total. The third-order valence-electron chi connectivity index (χ3n) is 1.89. The van der Waals surface area contributed by atoms with Crippen LogP contribution in [0.1, 0.15) is 12.8 Å². The lowest BCUT2D eigenvalue weighted by molar-refractivity contribution is -0.145. The van der Waals surface area contributed by atoms with Gasteiger partial charge in [-0.3, -0.25) is 14.5 Å². The quantitative estimate of drug-likeness (QED) is 0.542. The molecule has 0 saturated carbocycles. The van der Waals surface area contributed by atoms with Crippen LogP contribution < -0.4 is 0 Å². The second-order valence-electron chi connectivity index (χ2n) is 2.55. The number of likely N-dealkylation sites (tertiary alicyclic amines) is 1. The number of thioether (sulfide) groups is 1. The van der Waals surface area contributed by atoms with Gasteiger partial charge >= 0.3 is 0 Å². The molecule has 0 aromatic rings. The highest BCUT2D eigenvalue weighted by Crippen LogP contribution is 2.20. The van der Waals surface area contributed by atoms with Gasteiger partial charge in [0.05, 0.1) is 5.25 Å². The summed E-state index contributed by atoms with van der Waals surface area (Å²) in [6.45, 7) is 0. The monoisotopic (exact) mass is 173 g/mol. The lowest BCUT2D eigenvalue weighted by atomic mass is 10.1. The van der Waals surface area contributed by atoms with Crippen LogP contribution in [0.25, 0.3) is 0 Å². The summed E-state index contributed by atoms with van der Waals surface area (Å²) in [6.07, 6.45) is 3.10. The second-order valence-corrected chi connectivity index (χ2v) is 3.59. The van der Waals surface area contributed by atoms with Gasteiger partial charge in [0.2, 0.25) is 11.8 Å². The smallest absolute Gasteiger partial charge is 0.242 e. The maximum absolute atomic E-state index is 11.3. The van der Waals surface area contributed by atoms with Crippen LogP contribution in [0.2, 0.25) is 0 Å². The number of rotatable bonds is 1. The number of imide groups is 1. The molecular weight excluding hydrogens is 162 g/mol. The summed E-state index contributed by atoms with van der Waals surface area (Å²) in [7, 11) is 1.55. The number of amides is 2. The van der Waals surface area contributed by atoms with E-state index in [4.69, 9.17) is 0 Å². The van der Waals surface area contributed by atoms with Gasteiger partial charge in [0.1, 0.15) is 0 Å². The van der Waals surface area contributed by atoms with E-state index >= 15 is 0 Å². The van der Waals surface area contributed by atoms with E-state index in [0.29, 0.717) is 12.8 Å². The Morgan fingerprint density at radius 2 is 2.18 bits per heavy atom. The minimum Gasteiger partial charge on any atom is -0.285 e. The van der Waals surface area contributed by atoms with Gasteiger partial charge in [-0.1, -0.05) is 0 Å². The minimum absolute atomic E-state index is 0.00213. The summed E-state index contributed by atoms with van der Waals surface area (Å²) in [5.41, 5.74) is 0. The standard InChI is InChI=1S/C7H11NO2S/c1-8-6(9)4-3-5(11-2)7(8)10/h5H,3-4H2,1-2H3. The highest BCUT2D eigenvalue weighted by molar-refractivity contribution is 7.99. The van der Waals surface area contributed by atoms with Crippen molar-refractivity contribution in [3.8, 4) is 0 Å². The molecule has 1 rings (SSSR count). The van der Waals surface area contributed by atoms with Gasteiger partial charge in [-0.25, -0.2) is 0 Å². The Morgan fingerprint density at radius 3 is 2.73 bits per heavy atom. The van der Waals surface area contributed by atoms with Crippen molar-refractivity contribution in [2.45, 2.75) is 18.1 Å². The summed E-state index contributed by atoms with van der Waals surface area (Å²) < 4.78 is 0. The topological polar surface area (TPSA) is 37.4 Å². The predicted molar refractivity (Wildman–Crippen MR) is 44.3 cm³/mol. The number of hydrogen-bond acceptors (Lipinski definition) is 3. The molecule has 2 amide bonds. The Bertz CT molecular complexity index is 193. The van der Waals surface area contributed by atoms with Crippen LogP contribution in [-0.2, 0) is 9.59 Å². The van der Waals surface area contributed by atoms with Crippen LogP contribution in [-0.4, -0.2) is 35.3 Å². The van der Waals surface area contributed by atoms with Crippen molar-refractivity contribution in [1.29, 1.82) is 0 Å². The van der Waals surface area contributed by atoms with Gasteiger partial charge in [0.25, 0.3) is 0 Å². The first-order valence-corrected chi connectivity index (χ1v) is 4.79. The van der Waals surface area contributed by atoms with E-state index in [1.807, 2.05) is 6.26 Å². The molecule has 0 aromatic carbocycles. The average molecular weight is 173 g/mol. The Morgan fingerprint density at radius 1 is 1.55 bits per heavy atom. The predicted octanol–water partition coefficient (Wildman–Crippen LogP) is 0.497. The Balaban J connectivity index is 2.67. The van der Waals surface area contributed by atoms with Crippen molar-refractivity contribution in [2.75, 3.05) is 13.3 Å². The van der Waals surface area contributed by atoms with Crippen LogP contribution in [0.4, 0.5) is 0 Å². The van der Waals surface area contributed by atoms with Crippen molar-refractivity contribution in [2.24, 2.45) is 0 Å². The highest BCUT2D eigenvalue weighted by atomic mass is 32.2. The Kier molecular flexibility index (Phi) is 2.54. The lowest BCUT2D eigenvalue weighted by Gasteiger charge is -2.26. The van der Waals surface area contributed by atoms with E-state index < -0.39 is 0 Å². The van der Waals surface area contributed by atoms with E-state index in [1.165, 1.54) is 16.7 Å². The molecule has 0 aromatic heterocycles. The first-order valence-electron chi connectivity index (χ1n) is 3.50. The van der Waals surface area contributed by atoms with Crippen LogP contribution in [0.5, 0.6) is 0 Å². The third-order valence-corrected chi connectivity index (χ3v) is 2.89. The molecule has 11 heavy (non-hydrogen) atoms. The molecule has 1 aliphatic rings. The largest absolute Gasteiger partial charge is 0.285 e. The fourth-order valence-corrected chi connectivity index (χ4v) is 1.82. The molecule has 1 aliphatic heterocycles. The summed E-state index contributed by atoms with van der Waals surface area (Å²) in [5.74, 6) is -0.103. The summed E-state index contributed by atoms with van der Waals surface area (Å²) >= 11 is 1.52. The van der Waals surface area contributed by atoms with E-state index in [9.17, 15) is 9.59 Å². The Hall–Kier alpha value is -0.510. The van der Waals surface area contributed by atoms with E-state index in [1.54, 1.807) is 7.05 Å². The first kappa shape index (κ1) is 8.59. The van der Waals surface area contributed by atoms with Crippen molar-refractivity contribution >= 4 is 23.6 Å². The molecule has 1 atom stereocenters. The van der Waals surface area contributed by atoms with E-state index in [2.05, 4.69) is 0 Å². The summed E-state index contributed by atoms with van der Waals surface area (Å²) in [4.78, 5) is 23.4. The first-order chi connectivity index (χ1) is 5.16. The molecule has 0 bridgehead atoms. The van der Waals surface area contributed by atoms with Gasteiger partial charge in [-0.2, -0.15) is 11.8 Å². The molecule has 3 nitrogen and oxygen atoms in total. The molecule has 62 valence electrons. The summed E-state index contributed by atoms with van der Waals surface area (Å²) in [5, 5.41) is -0.00213. The average Bonchev–Trinajstić information content (AvgIpc) is 2.01. The molecule has 0 aliphatic carbocycles. The molecular formula is C7H11NO2S. The molecule has 1 heterocycles. The van der Waals surface area contributed by atoms with E-state index in [-0.39, 0.29) is 17.1 Å². The number of piperidine rings is 1. The summed E-state index contributed by atoms with van der Waals surface area (Å²) in [6, 6.07) is 0.